The van der Waals surface area contributed by atoms with Crippen LogP contribution in [-0.2, 0) is 0 Å². The van der Waals surface area contributed by atoms with Gasteiger partial charge in [0.25, 0.3) is 0 Å². The minimum Gasteiger partial charge on any atom is -0.0862 e. The third-order valence-corrected chi connectivity index (χ3v) is 48.2. The first kappa shape index (κ1) is 43.0. The van der Waals surface area contributed by atoms with Gasteiger partial charge in [0.15, 0.2) is 0 Å². The largest absolute Gasteiger partial charge is 0.0862 e. The number of benzene rings is 6. The third kappa shape index (κ3) is 12.7. The maximum atomic E-state index is 2.55. The van der Waals surface area contributed by atoms with Gasteiger partial charge < -0.3 is 0 Å². The van der Waals surface area contributed by atoms with Crippen molar-refractivity contribution in [1.82, 2.24) is 0 Å². The average molecular weight is 859 g/mol. The highest BCUT2D eigenvalue weighted by Gasteiger charge is 2.41. The predicted octanol–water partition coefficient (Wildman–Crippen LogP) is 16.0. The van der Waals surface area contributed by atoms with E-state index in [4.69, 9.17) is 0 Å². The summed E-state index contributed by atoms with van der Waals surface area (Å²) in [7, 11) is -1.54. The normalized spacial score (nSPS) is 22.9. The Balaban J connectivity index is 1.40. The van der Waals surface area contributed by atoms with E-state index in [1.165, 1.54) is 107 Å². The highest BCUT2D eigenvalue weighted by atomic mass is 32.8. The summed E-state index contributed by atoms with van der Waals surface area (Å²) in [5, 5.41) is 8.10. The smallest absolute Gasteiger partial charge is 0.00602 e. The highest BCUT2D eigenvalue weighted by Crippen LogP contribution is 3.03. The van der Waals surface area contributed by atoms with Gasteiger partial charge in [-0.2, -0.15) is 0 Å². The van der Waals surface area contributed by atoms with Gasteiger partial charge in [0.1, 0.15) is 0 Å². The van der Waals surface area contributed by atoms with Gasteiger partial charge in [-0.25, -0.2) is 0 Å². The molecule has 1 aliphatic heterocycles. The second kappa shape index (κ2) is 24.2. The van der Waals surface area contributed by atoms with Gasteiger partial charge in [0.2, 0.25) is 0 Å². The van der Waals surface area contributed by atoms with E-state index in [-0.39, 0.29) is 0 Å². The van der Waals surface area contributed by atoms with E-state index in [0.29, 0.717) is 0 Å². The minimum absolute atomic E-state index is 0.403. The Morgan fingerprint density at radius 3 is 1.14 bits per heavy atom. The molecule has 0 nitrogen and oxygen atoms in total. The summed E-state index contributed by atoms with van der Waals surface area (Å²) in [6.07, 6.45) is 20.9. The van der Waals surface area contributed by atoms with E-state index < -0.39 is 36.8 Å². The molecular formula is C51H60P6. The standard InChI is InChI=1S/C51H60P6/c1-2-4-6-8-10-27-43-52-54(48-31-19-13-20-32-48)56(50-35-23-15-24-36-50)57(51-37-25-16-26-38-51)55(49-33-21-14-22-34-49)53(44-28-11-9-7-5-3-1)47-41-39-46(40-42-47)45-29-17-12-18-30-45/h12-26,29-42,52H,1-11,27-28,43-44H2. The van der Waals surface area contributed by atoms with Crippen LogP contribution in [0, 0.1) is 0 Å². The fraction of sp³-hybridized carbons (Fsp3) is 0.294. The Kier molecular flexibility index (Phi) is 18.3. The lowest BCUT2D eigenvalue weighted by Gasteiger charge is -2.43. The van der Waals surface area contributed by atoms with Crippen molar-refractivity contribution in [1.29, 1.82) is 0 Å². The van der Waals surface area contributed by atoms with Crippen LogP contribution in [0.1, 0.15) is 83.5 Å². The topological polar surface area (TPSA) is 0 Å². The Morgan fingerprint density at radius 2 is 0.649 bits per heavy atom. The van der Waals surface area contributed by atoms with Crippen molar-refractivity contribution in [3.05, 3.63) is 176 Å². The molecule has 0 bridgehead atoms. The Labute approximate surface area is 352 Å². The predicted molar refractivity (Wildman–Crippen MR) is 268 cm³/mol. The van der Waals surface area contributed by atoms with Crippen LogP contribution >= 0.6 is 45.1 Å². The molecule has 6 heteroatoms. The molecule has 0 radical (unpaired) electrons. The van der Waals surface area contributed by atoms with Crippen LogP contribution in [-0.4, -0.2) is 12.3 Å². The SMILES string of the molecule is c1ccc(-c2ccc(P3CCCCCCCCCCCCCCCPP(c4ccccc4)P(c4ccccc4)P(c4ccccc4)P3c3ccccc3)cc2)cc1. The van der Waals surface area contributed by atoms with Crippen molar-refractivity contribution in [3.8, 4) is 11.1 Å². The van der Waals surface area contributed by atoms with Crippen molar-refractivity contribution in [3.63, 3.8) is 0 Å². The van der Waals surface area contributed by atoms with Crippen LogP contribution in [0.25, 0.3) is 11.1 Å². The van der Waals surface area contributed by atoms with Crippen LogP contribution in [0.2, 0.25) is 0 Å². The summed E-state index contributed by atoms with van der Waals surface area (Å²) in [5.41, 5.74) is 2.63. The van der Waals surface area contributed by atoms with Crippen molar-refractivity contribution >= 4 is 71.6 Å². The lowest BCUT2D eigenvalue weighted by atomic mass is 10.0. The zero-order valence-corrected chi connectivity index (χ0v) is 39.1. The van der Waals surface area contributed by atoms with Gasteiger partial charge in [0.05, 0.1) is 0 Å². The molecule has 294 valence electrons. The van der Waals surface area contributed by atoms with Gasteiger partial charge in [-0.1, -0.05) is 255 Å². The van der Waals surface area contributed by atoms with Gasteiger partial charge >= 0.3 is 0 Å². The summed E-state index contributed by atoms with van der Waals surface area (Å²) in [5.74, 6) is 0. The van der Waals surface area contributed by atoms with Crippen LogP contribution in [0.15, 0.2) is 176 Å². The van der Waals surface area contributed by atoms with Crippen molar-refractivity contribution in [2.45, 2.75) is 83.5 Å². The summed E-state index contributed by atoms with van der Waals surface area (Å²) < 4.78 is 0. The van der Waals surface area contributed by atoms with Crippen molar-refractivity contribution in [2.24, 2.45) is 0 Å². The molecular weight excluding hydrogens is 798 g/mol. The quantitative estimate of drug-likeness (QED) is 0.146. The molecule has 6 aromatic rings. The van der Waals surface area contributed by atoms with Crippen LogP contribution in [0.5, 0.6) is 0 Å². The van der Waals surface area contributed by atoms with Gasteiger partial charge in [0, 0.05) is 0 Å². The zero-order valence-electron chi connectivity index (χ0n) is 33.6. The third-order valence-electron chi connectivity index (χ3n) is 10.8. The molecule has 0 N–H and O–H groups in total. The van der Waals surface area contributed by atoms with E-state index in [9.17, 15) is 0 Å². The molecule has 6 unspecified atom stereocenters. The molecule has 57 heavy (non-hydrogen) atoms. The first-order valence-electron chi connectivity index (χ1n) is 21.4. The molecule has 1 fully saturated rings. The summed E-state index contributed by atoms with van der Waals surface area (Å²) in [4.78, 5) is 0. The fourth-order valence-electron chi connectivity index (χ4n) is 7.79. The number of rotatable bonds is 6. The maximum absolute atomic E-state index is 2.55. The van der Waals surface area contributed by atoms with Gasteiger partial charge in [-0.05, 0) is 99.6 Å². The van der Waals surface area contributed by atoms with Gasteiger partial charge in [-0.3, -0.25) is 0 Å². The van der Waals surface area contributed by atoms with Crippen LogP contribution < -0.4 is 26.5 Å². The second-order valence-electron chi connectivity index (χ2n) is 15.1. The lowest BCUT2D eigenvalue weighted by Crippen LogP contribution is -2.13. The maximum Gasteiger partial charge on any atom is -0.00602 e. The van der Waals surface area contributed by atoms with Gasteiger partial charge in [-0.15, -0.1) is 0 Å². The zero-order chi connectivity index (χ0) is 38.7. The Hall–Kier alpha value is -2.10. The highest BCUT2D eigenvalue weighted by molar-refractivity contribution is 8.95. The lowest BCUT2D eigenvalue weighted by molar-refractivity contribution is 0.543. The first-order chi connectivity index (χ1) is 28.4. The molecule has 0 amide bonds. The molecule has 0 aromatic heterocycles. The van der Waals surface area contributed by atoms with E-state index in [0.717, 1.165) is 8.27 Å². The van der Waals surface area contributed by atoms with E-state index >= 15 is 0 Å². The number of hydrogen-bond acceptors (Lipinski definition) is 0. The average Bonchev–Trinajstić information content (AvgIpc) is 3.28. The Morgan fingerprint density at radius 1 is 0.281 bits per heavy atom. The van der Waals surface area contributed by atoms with E-state index in [2.05, 4.69) is 176 Å². The summed E-state index contributed by atoms with van der Waals surface area (Å²) in [6.45, 7) is 0. The molecule has 0 spiro atoms. The molecule has 7 rings (SSSR count). The van der Waals surface area contributed by atoms with E-state index in [1.807, 2.05) is 0 Å². The molecule has 1 saturated heterocycles. The molecule has 1 heterocycles. The Bertz CT molecular complexity index is 1960. The molecule has 1 aliphatic rings. The van der Waals surface area contributed by atoms with E-state index in [1.54, 1.807) is 26.5 Å². The second-order valence-corrected chi connectivity index (χ2v) is 38.2. The van der Waals surface area contributed by atoms with Crippen molar-refractivity contribution in [2.75, 3.05) is 12.3 Å². The first-order valence-corrected chi connectivity index (χ1v) is 33.2. The van der Waals surface area contributed by atoms with Crippen molar-refractivity contribution < 1.29 is 0 Å². The molecule has 0 aliphatic carbocycles. The van der Waals surface area contributed by atoms with Crippen LogP contribution in [0.3, 0.4) is 0 Å². The fourth-order valence-corrected chi connectivity index (χ4v) is 59.4. The monoisotopic (exact) mass is 858 g/mol. The summed E-state index contributed by atoms with van der Waals surface area (Å²) in [6, 6.07) is 68.9. The summed E-state index contributed by atoms with van der Waals surface area (Å²) >= 11 is 0. The molecule has 6 aromatic carbocycles. The number of hydrogen-bond donors (Lipinski definition) is 0. The van der Waals surface area contributed by atoms with Crippen LogP contribution in [0.4, 0.5) is 0 Å². The molecule has 0 saturated carbocycles. The minimum atomic E-state index is -0.571. The molecule has 6 atom stereocenters.